The zero-order valence-corrected chi connectivity index (χ0v) is 10.3. The summed E-state index contributed by atoms with van der Waals surface area (Å²) in [6.07, 6.45) is 2.49. The molecule has 0 aliphatic heterocycles. The van der Waals surface area contributed by atoms with Crippen LogP contribution in [0, 0.1) is 0 Å². The van der Waals surface area contributed by atoms with E-state index in [0.717, 1.165) is 11.8 Å². The van der Waals surface area contributed by atoms with Crippen molar-refractivity contribution in [1.82, 2.24) is 0 Å². The maximum absolute atomic E-state index is 2.32. The molecule has 0 fully saturated rings. The second-order valence-corrected chi connectivity index (χ2v) is 4.06. The van der Waals surface area contributed by atoms with Gasteiger partial charge in [0.25, 0.3) is 0 Å². The molecule has 1 aromatic carbocycles. The van der Waals surface area contributed by atoms with E-state index in [0.29, 0.717) is 0 Å². The monoisotopic (exact) mass is 184 g/mol. The molecule has 74 valence electrons. The second-order valence-electron chi connectivity index (χ2n) is 4.06. The van der Waals surface area contributed by atoms with E-state index in [9.17, 15) is 0 Å². The summed E-state index contributed by atoms with van der Waals surface area (Å²) in [5.74, 6) is 1.44. The molecule has 0 aromatic heterocycles. The molecule has 0 nitrogen and oxygen atoms in total. The first-order valence-corrected chi connectivity index (χ1v) is 5.46. The van der Waals surface area contributed by atoms with Gasteiger partial charge in [0, 0.05) is 0 Å². The largest absolute Gasteiger partial charge is 1.00 e. The standard InChI is InChI=1S/C13H21.Li/c1-5-10(3)12-8-7-9-13(12)11(4)6-2;/h7-11H,5-6H2,1-4H3;/q-1;+1. The first-order valence-electron chi connectivity index (χ1n) is 5.46. The minimum Gasteiger partial charge on any atom is -0.213 e. The topological polar surface area (TPSA) is 0 Å². The SMILES string of the molecule is CCC(C)c1ccc[c-]1C(C)CC.[Li+]. The molecule has 14 heavy (non-hydrogen) atoms. The van der Waals surface area contributed by atoms with E-state index in [1.807, 2.05) is 0 Å². The van der Waals surface area contributed by atoms with Crippen LogP contribution in [0.1, 0.15) is 63.5 Å². The van der Waals surface area contributed by atoms with Crippen LogP contribution in [-0.2, 0) is 0 Å². The summed E-state index contributed by atoms with van der Waals surface area (Å²) in [6, 6.07) is 6.77. The van der Waals surface area contributed by atoms with Gasteiger partial charge in [-0.05, 0) is 5.92 Å². The molecule has 2 atom stereocenters. The zero-order valence-electron chi connectivity index (χ0n) is 10.3. The van der Waals surface area contributed by atoms with Crippen molar-refractivity contribution < 1.29 is 18.9 Å². The van der Waals surface area contributed by atoms with Gasteiger partial charge in [0.05, 0.1) is 0 Å². The maximum atomic E-state index is 2.32. The van der Waals surface area contributed by atoms with E-state index in [1.165, 1.54) is 12.8 Å². The van der Waals surface area contributed by atoms with E-state index < -0.39 is 0 Å². The minimum atomic E-state index is 0. The fourth-order valence-electron chi connectivity index (χ4n) is 1.79. The maximum Gasteiger partial charge on any atom is 1.00 e. The Bertz CT molecular complexity index is 225. The first kappa shape index (κ1) is 13.9. The van der Waals surface area contributed by atoms with Crippen molar-refractivity contribution in [2.24, 2.45) is 0 Å². The summed E-state index contributed by atoms with van der Waals surface area (Å²) >= 11 is 0. The minimum absolute atomic E-state index is 0. The predicted molar refractivity (Wildman–Crippen MR) is 59.4 cm³/mol. The fraction of sp³-hybridized carbons (Fsp3) is 0.615. The van der Waals surface area contributed by atoms with Gasteiger partial charge in [0.2, 0.25) is 0 Å². The Hall–Kier alpha value is -0.0526. The number of hydrogen-bond acceptors (Lipinski definition) is 0. The van der Waals surface area contributed by atoms with Gasteiger partial charge in [-0.1, -0.05) is 46.5 Å². The van der Waals surface area contributed by atoms with Crippen molar-refractivity contribution in [1.29, 1.82) is 0 Å². The van der Waals surface area contributed by atoms with E-state index >= 15 is 0 Å². The average molecular weight is 184 g/mol. The van der Waals surface area contributed by atoms with Gasteiger partial charge < -0.3 is 0 Å². The average Bonchev–Trinajstić information content (AvgIpc) is 2.63. The molecule has 1 rings (SSSR count). The van der Waals surface area contributed by atoms with Crippen molar-refractivity contribution >= 4 is 0 Å². The third kappa shape index (κ3) is 2.97. The Labute approximate surface area is 101 Å². The molecular formula is C13H21Li. The van der Waals surface area contributed by atoms with Crippen LogP contribution in [0.25, 0.3) is 0 Å². The normalized spacial score (nSPS) is 14.6. The summed E-state index contributed by atoms with van der Waals surface area (Å²) in [5.41, 5.74) is 3.13. The first-order chi connectivity index (χ1) is 6.20. The van der Waals surface area contributed by atoms with Gasteiger partial charge in [-0.15, -0.1) is 0 Å². The predicted octanol–water partition coefficient (Wildman–Crippen LogP) is 1.44. The summed E-state index contributed by atoms with van der Waals surface area (Å²) in [5, 5.41) is 0. The molecule has 1 aromatic rings. The van der Waals surface area contributed by atoms with Crippen molar-refractivity contribution in [3.8, 4) is 0 Å². The molecule has 0 aliphatic carbocycles. The van der Waals surface area contributed by atoms with E-state index in [4.69, 9.17) is 0 Å². The third-order valence-corrected chi connectivity index (χ3v) is 3.17. The van der Waals surface area contributed by atoms with Crippen LogP contribution in [0.5, 0.6) is 0 Å². The molecule has 0 saturated carbocycles. The zero-order chi connectivity index (χ0) is 9.84. The Morgan fingerprint density at radius 3 is 2.36 bits per heavy atom. The van der Waals surface area contributed by atoms with Crippen molar-refractivity contribution in [2.75, 3.05) is 0 Å². The Kier molecular flexibility index (Phi) is 6.41. The van der Waals surface area contributed by atoms with Gasteiger partial charge in [0.15, 0.2) is 0 Å². The van der Waals surface area contributed by atoms with Crippen molar-refractivity contribution in [3.63, 3.8) is 0 Å². The number of hydrogen-bond donors (Lipinski definition) is 0. The van der Waals surface area contributed by atoms with Crippen LogP contribution >= 0.6 is 0 Å². The summed E-state index contributed by atoms with van der Waals surface area (Å²) in [7, 11) is 0. The van der Waals surface area contributed by atoms with Crippen molar-refractivity contribution in [3.05, 3.63) is 29.3 Å². The van der Waals surface area contributed by atoms with Gasteiger partial charge in [0.1, 0.15) is 0 Å². The van der Waals surface area contributed by atoms with Crippen LogP contribution in [0.3, 0.4) is 0 Å². The summed E-state index contributed by atoms with van der Waals surface area (Å²) in [6.45, 7) is 9.17. The quantitative estimate of drug-likeness (QED) is 0.490. The van der Waals surface area contributed by atoms with Gasteiger partial charge >= 0.3 is 18.9 Å². The van der Waals surface area contributed by atoms with Crippen LogP contribution in [0.4, 0.5) is 0 Å². The molecule has 0 heterocycles. The van der Waals surface area contributed by atoms with E-state index in [-0.39, 0.29) is 18.9 Å². The summed E-state index contributed by atoms with van der Waals surface area (Å²) in [4.78, 5) is 0. The molecule has 0 radical (unpaired) electrons. The van der Waals surface area contributed by atoms with E-state index in [2.05, 4.69) is 45.9 Å². The van der Waals surface area contributed by atoms with Crippen LogP contribution < -0.4 is 18.9 Å². The van der Waals surface area contributed by atoms with Gasteiger partial charge in [-0.2, -0.15) is 17.2 Å². The molecule has 0 amide bonds. The molecule has 0 bridgehead atoms. The molecule has 1 heteroatoms. The van der Waals surface area contributed by atoms with Gasteiger partial charge in [-0.3, -0.25) is 0 Å². The van der Waals surface area contributed by atoms with Crippen LogP contribution in [0.15, 0.2) is 18.2 Å². The van der Waals surface area contributed by atoms with Crippen LogP contribution in [0.2, 0.25) is 0 Å². The fourth-order valence-corrected chi connectivity index (χ4v) is 1.79. The molecule has 0 N–H and O–H groups in total. The second kappa shape index (κ2) is 6.43. The Morgan fingerprint density at radius 2 is 1.86 bits per heavy atom. The van der Waals surface area contributed by atoms with Crippen LogP contribution in [-0.4, -0.2) is 0 Å². The van der Waals surface area contributed by atoms with E-state index in [1.54, 1.807) is 11.1 Å². The molecule has 0 spiro atoms. The molecule has 2 unspecified atom stereocenters. The molecular weight excluding hydrogens is 163 g/mol. The van der Waals surface area contributed by atoms with Gasteiger partial charge in [-0.25, -0.2) is 12.1 Å². The summed E-state index contributed by atoms with van der Waals surface area (Å²) < 4.78 is 0. The molecule has 0 saturated heterocycles. The Morgan fingerprint density at radius 1 is 1.21 bits per heavy atom. The Balaban J connectivity index is 0.00000169. The number of rotatable bonds is 4. The smallest absolute Gasteiger partial charge is 0.213 e. The molecule has 0 aliphatic rings. The van der Waals surface area contributed by atoms with Crippen molar-refractivity contribution in [2.45, 2.75) is 52.4 Å². The third-order valence-electron chi connectivity index (χ3n) is 3.17.